The van der Waals surface area contributed by atoms with Crippen LogP contribution in [0.15, 0.2) is 47.0 Å². The van der Waals surface area contributed by atoms with Gasteiger partial charge in [-0.05, 0) is 24.6 Å². The summed E-state index contributed by atoms with van der Waals surface area (Å²) in [5.41, 5.74) is 3.99. The van der Waals surface area contributed by atoms with E-state index in [1.54, 1.807) is 13.2 Å². The van der Waals surface area contributed by atoms with Crippen molar-refractivity contribution in [2.45, 2.75) is 12.5 Å². The topological polar surface area (TPSA) is 88.9 Å². The van der Waals surface area contributed by atoms with Gasteiger partial charge in [0.15, 0.2) is 17.3 Å². The highest BCUT2D eigenvalue weighted by molar-refractivity contribution is 5.92. The van der Waals surface area contributed by atoms with E-state index in [2.05, 4.69) is 49.4 Å². The molecule has 2 saturated heterocycles. The Kier molecular flexibility index (Phi) is 6.77. The summed E-state index contributed by atoms with van der Waals surface area (Å²) in [6.45, 7) is 6.51. The Balaban J connectivity index is 1.14. The van der Waals surface area contributed by atoms with Gasteiger partial charge in [0.1, 0.15) is 18.0 Å². The van der Waals surface area contributed by atoms with Crippen molar-refractivity contribution in [3.05, 3.63) is 48.3 Å². The molecule has 4 heterocycles. The van der Waals surface area contributed by atoms with Crippen molar-refractivity contribution in [3.63, 3.8) is 0 Å². The zero-order chi connectivity index (χ0) is 25.2. The molecule has 1 unspecified atom stereocenters. The second-order valence-corrected chi connectivity index (χ2v) is 9.41. The van der Waals surface area contributed by atoms with Crippen molar-refractivity contribution in [1.29, 1.82) is 0 Å². The molecule has 0 saturated carbocycles. The van der Waals surface area contributed by atoms with E-state index < -0.39 is 5.82 Å². The maximum Gasteiger partial charge on any atom is 0.188 e. The molecular formula is C27H30FN5O4. The number of methoxy groups -OCH3 is 1. The molecule has 0 radical (unpaired) electrons. The third kappa shape index (κ3) is 4.92. The fraction of sp³-hybridized carbons (Fsp3) is 0.407. The lowest BCUT2D eigenvalue weighted by molar-refractivity contribution is 0.139. The van der Waals surface area contributed by atoms with E-state index >= 15 is 0 Å². The standard InChI is InChI=1S/C27H30FN5O4/c1-34-12-13-36-25-16-24-21(14-22(25)28)27(30-29-24)26-15-23(31-37-26)18-2-4-19(5-3-18)32-7-9-33(10-8-32)20-6-11-35-17-20/h2-5,14-16,20H,6-13,17H2,1H3,(H,29,30). The first-order valence-corrected chi connectivity index (χ1v) is 12.6. The number of aromatic amines is 1. The quantitative estimate of drug-likeness (QED) is 0.359. The molecule has 2 aliphatic heterocycles. The van der Waals surface area contributed by atoms with Crippen LogP contribution in [-0.2, 0) is 9.47 Å². The van der Waals surface area contributed by atoms with Crippen molar-refractivity contribution in [2.75, 3.05) is 64.6 Å². The van der Waals surface area contributed by atoms with E-state index in [-0.39, 0.29) is 12.4 Å². The average Bonchev–Trinajstić information content (AvgIpc) is 3.70. The number of aromatic nitrogens is 3. The van der Waals surface area contributed by atoms with Crippen LogP contribution in [0.2, 0.25) is 0 Å². The summed E-state index contributed by atoms with van der Waals surface area (Å²) in [4.78, 5) is 4.97. The smallest absolute Gasteiger partial charge is 0.188 e. The van der Waals surface area contributed by atoms with Crippen molar-refractivity contribution >= 4 is 16.6 Å². The molecule has 37 heavy (non-hydrogen) atoms. The molecule has 0 bridgehead atoms. The van der Waals surface area contributed by atoms with Gasteiger partial charge in [0.05, 0.1) is 18.7 Å². The van der Waals surface area contributed by atoms with Crippen LogP contribution in [0.5, 0.6) is 5.75 Å². The van der Waals surface area contributed by atoms with Gasteiger partial charge in [-0.25, -0.2) is 4.39 Å². The second-order valence-electron chi connectivity index (χ2n) is 9.41. The Morgan fingerprint density at radius 2 is 1.92 bits per heavy atom. The summed E-state index contributed by atoms with van der Waals surface area (Å²) >= 11 is 0. The van der Waals surface area contributed by atoms with Gasteiger partial charge >= 0.3 is 0 Å². The molecule has 1 N–H and O–H groups in total. The van der Waals surface area contributed by atoms with Gasteiger partial charge in [-0.2, -0.15) is 5.10 Å². The summed E-state index contributed by atoms with van der Waals surface area (Å²) in [6, 6.07) is 13.8. The number of anilines is 1. The lowest BCUT2D eigenvalue weighted by Crippen LogP contribution is -2.50. The molecule has 2 aromatic heterocycles. The Morgan fingerprint density at radius 1 is 1.08 bits per heavy atom. The molecule has 0 amide bonds. The molecule has 0 aliphatic carbocycles. The van der Waals surface area contributed by atoms with Crippen LogP contribution in [0, 0.1) is 5.82 Å². The SMILES string of the molecule is COCCOc1cc2[nH]nc(-c3cc(-c4ccc(N5CCN(C6CCOC6)CC5)cc4)no3)c2cc1F. The Labute approximate surface area is 214 Å². The number of hydrogen-bond donors (Lipinski definition) is 1. The number of H-pyrrole nitrogens is 1. The maximum atomic E-state index is 14.6. The van der Waals surface area contributed by atoms with Crippen LogP contribution in [0.4, 0.5) is 10.1 Å². The van der Waals surface area contributed by atoms with Gasteiger partial charge in [-0.15, -0.1) is 0 Å². The first-order valence-electron chi connectivity index (χ1n) is 12.6. The first kappa shape index (κ1) is 23.9. The highest BCUT2D eigenvalue weighted by Crippen LogP contribution is 2.33. The highest BCUT2D eigenvalue weighted by Gasteiger charge is 2.27. The predicted octanol–water partition coefficient (Wildman–Crippen LogP) is 3.96. The number of piperazine rings is 1. The van der Waals surface area contributed by atoms with E-state index in [1.807, 2.05) is 6.07 Å². The minimum absolute atomic E-state index is 0.145. The molecule has 10 heteroatoms. The summed E-state index contributed by atoms with van der Waals surface area (Å²) < 4.78 is 36.2. The van der Waals surface area contributed by atoms with Crippen LogP contribution in [0.3, 0.4) is 0 Å². The molecule has 2 fully saturated rings. The number of hydrogen-bond acceptors (Lipinski definition) is 8. The summed E-state index contributed by atoms with van der Waals surface area (Å²) in [7, 11) is 1.57. The maximum absolute atomic E-state index is 14.6. The van der Waals surface area contributed by atoms with Crippen molar-refractivity contribution in [2.24, 2.45) is 0 Å². The number of rotatable bonds is 8. The third-order valence-electron chi connectivity index (χ3n) is 7.17. The lowest BCUT2D eigenvalue weighted by Gasteiger charge is -2.38. The largest absolute Gasteiger partial charge is 0.488 e. The fourth-order valence-corrected chi connectivity index (χ4v) is 5.07. The molecule has 2 aliphatic rings. The lowest BCUT2D eigenvalue weighted by atomic mass is 10.1. The molecule has 2 aromatic carbocycles. The molecule has 1 atom stereocenters. The monoisotopic (exact) mass is 507 g/mol. The van der Waals surface area contributed by atoms with Gasteiger partial charge in [-0.3, -0.25) is 10.00 Å². The van der Waals surface area contributed by atoms with Crippen LogP contribution in [-0.4, -0.2) is 86.0 Å². The first-order chi connectivity index (χ1) is 18.2. The van der Waals surface area contributed by atoms with Gasteiger partial charge in [-0.1, -0.05) is 17.3 Å². The van der Waals surface area contributed by atoms with Crippen molar-refractivity contribution < 1.29 is 23.1 Å². The molecule has 4 aromatic rings. The van der Waals surface area contributed by atoms with Crippen LogP contribution < -0.4 is 9.64 Å². The van der Waals surface area contributed by atoms with Crippen LogP contribution in [0.25, 0.3) is 33.6 Å². The zero-order valence-electron chi connectivity index (χ0n) is 20.8. The summed E-state index contributed by atoms with van der Waals surface area (Å²) in [5, 5.41) is 12.1. The van der Waals surface area contributed by atoms with Gasteiger partial charge < -0.3 is 23.6 Å². The van der Waals surface area contributed by atoms with E-state index in [9.17, 15) is 4.39 Å². The number of nitrogens with one attached hydrogen (secondary N) is 1. The van der Waals surface area contributed by atoms with Crippen LogP contribution in [0.1, 0.15) is 6.42 Å². The van der Waals surface area contributed by atoms with E-state index in [4.69, 9.17) is 18.7 Å². The van der Waals surface area contributed by atoms with Crippen molar-refractivity contribution in [3.8, 4) is 28.5 Å². The minimum atomic E-state index is -0.473. The Bertz CT molecular complexity index is 1340. The van der Waals surface area contributed by atoms with E-state index in [0.717, 1.165) is 51.4 Å². The third-order valence-corrected chi connectivity index (χ3v) is 7.17. The molecule has 0 spiro atoms. The minimum Gasteiger partial charge on any atom is -0.488 e. The van der Waals surface area contributed by atoms with Crippen molar-refractivity contribution in [1.82, 2.24) is 20.3 Å². The van der Waals surface area contributed by atoms with Gasteiger partial charge in [0, 0.05) is 74.7 Å². The number of nitrogens with zero attached hydrogens (tertiary/aromatic N) is 4. The molecule has 6 rings (SSSR count). The number of ether oxygens (including phenoxy) is 3. The zero-order valence-corrected chi connectivity index (χ0v) is 20.8. The molecule has 9 nitrogen and oxygen atoms in total. The molecular weight excluding hydrogens is 477 g/mol. The molecule has 194 valence electrons. The average molecular weight is 508 g/mol. The summed E-state index contributed by atoms with van der Waals surface area (Å²) in [6.07, 6.45) is 1.14. The Morgan fingerprint density at radius 3 is 2.68 bits per heavy atom. The second kappa shape index (κ2) is 10.5. The summed E-state index contributed by atoms with van der Waals surface area (Å²) in [5.74, 6) is 0.135. The van der Waals surface area contributed by atoms with Gasteiger partial charge in [0.25, 0.3) is 0 Å². The predicted molar refractivity (Wildman–Crippen MR) is 137 cm³/mol. The number of benzene rings is 2. The highest BCUT2D eigenvalue weighted by atomic mass is 19.1. The normalized spacial score (nSPS) is 18.6. The van der Waals surface area contributed by atoms with Gasteiger partial charge in [0.2, 0.25) is 0 Å². The number of fused-ring (bicyclic) bond motifs is 1. The van der Waals surface area contributed by atoms with Crippen LogP contribution >= 0.6 is 0 Å². The van der Waals surface area contributed by atoms with E-state index in [1.165, 1.54) is 11.8 Å². The Hall–Kier alpha value is -3.47. The van der Waals surface area contributed by atoms with E-state index in [0.29, 0.717) is 40.7 Å². The number of halogens is 1. The fourth-order valence-electron chi connectivity index (χ4n) is 5.07.